The molecule has 118 valence electrons. The van der Waals surface area contributed by atoms with Crippen molar-refractivity contribution in [3.8, 4) is 0 Å². The van der Waals surface area contributed by atoms with Crippen LogP contribution in [0.15, 0.2) is 11.6 Å². The molecule has 0 N–H and O–H groups in total. The second-order valence-corrected chi connectivity index (χ2v) is 6.87. The third-order valence-corrected chi connectivity index (χ3v) is 3.89. The molecule has 1 heterocycles. The molecule has 1 saturated carbocycles. The van der Waals surface area contributed by atoms with Crippen LogP contribution in [0.2, 0.25) is 0 Å². The van der Waals surface area contributed by atoms with Gasteiger partial charge in [0, 0.05) is 19.2 Å². The molecule has 2 unspecified atom stereocenters. The zero-order chi connectivity index (χ0) is 15.6. The van der Waals surface area contributed by atoms with Crippen molar-refractivity contribution in [1.29, 1.82) is 0 Å². The van der Waals surface area contributed by atoms with Gasteiger partial charge in [0.05, 0.1) is 6.61 Å². The Labute approximate surface area is 126 Å². The van der Waals surface area contributed by atoms with Crippen molar-refractivity contribution in [2.45, 2.75) is 46.1 Å². The number of fused-ring (bicyclic) bond motifs is 1. The molecule has 0 bridgehead atoms. The molecule has 0 spiro atoms. The van der Waals surface area contributed by atoms with Crippen LogP contribution in [-0.4, -0.2) is 42.3 Å². The number of hydrogen-bond acceptors (Lipinski definition) is 4. The number of carbonyl (C=O) groups excluding carboxylic acids is 2. The first kappa shape index (κ1) is 15.9. The standard InChI is InChI=1S/C16H25NO4/c1-5-20-14(18)8-11-6-12-9-17(10-13(12)7-11)15(19)21-16(2,3)4/h8,12-13H,5-7,9-10H2,1-4H3. The zero-order valence-electron chi connectivity index (χ0n) is 13.3. The van der Waals surface area contributed by atoms with E-state index >= 15 is 0 Å². The van der Waals surface area contributed by atoms with E-state index in [1.807, 2.05) is 20.8 Å². The predicted octanol–water partition coefficient (Wildman–Crippen LogP) is 2.75. The Morgan fingerprint density at radius 2 is 1.81 bits per heavy atom. The van der Waals surface area contributed by atoms with Gasteiger partial charge in [0.25, 0.3) is 0 Å². The lowest BCUT2D eigenvalue weighted by Crippen LogP contribution is -2.35. The van der Waals surface area contributed by atoms with E-state index < -0.39 is 5.60 Å². The maximum absolute atomic E-state index is 12.1. The largest absolute Gasteiger partial charge is 0.463 e. The van der Waals surface area contributed by atoms with Gasteiger partial charge in [-0.1, -0.05) is 5.57 Å². The third-order valence-electron chi connectivity index (χ3n) is 3.89. The average Bonchev–Trinajstić information content (AvgIpc) is 2.84. The Kier molecular flexibility index (Phi) is 4.59. The minimum atomic E-state index is -0.455. The Hall–Kier alpha value is -1.52. The first-order chi connectivity index (χ1) is 9.78. The molecule has 1 aliphatic heterocycles. The molecule has 2 aliphatic rings. The van der Waals surface area contributed by atoms with Crippen LogP contribution in [0.3, 0.4) is 0 Å². The summed E-state index contributed by atoms with van der Waals surface area (Å²) < 4.78 is 10.3. The van der Waals surface area contributed by atoms with Crippen LogP contribution in [0.4, 0.5) is 4.79 Å². The van der Waals surface area contributed by atoms with Crippen LogP contribution in [0.1, 0.15) is 40.5 Å². The van der Waals surface area contributed by atoms with Crippen LogP contribution >= 0.6 is 0 Å². The Balaban J connectivity index is 1.87. The summed E-state index contributed by atoms with van der Waals surface area (Å²) in [5.41, 5.74) is 0.691. The van der Waals surface area contributed by atoms with E-state index in [1.54, 1.807) is 17.9 Å². The highest BCUT2D eigenvalue weighted by molar-refractivity contribution is 5.82. The third kappa shape index (κ3) is 4.22. The number of rotatable bonds is 2. The van der Waals surface area contributed by atoms with Crippen LogP contribution in [0.5, 0.6) is 0 Å². The molecular formula is C16H25NO4. The van der Waals surface area contributed by atoms with Gasteiger partial charge >= 0.3 is 12.1 Å². The maximum Gasteiger partial charge on any atom is 0.410 e. The molecule has 0 radical (unpaired) electrons. The number of esters is 1. The first-order valence-electron chi connectivity index (χ1n) is 7.62. The average molecular weight is 295 g/mol. The highest BCUT2D eigenvalue weighted by Gasteiger charge is 2.41. The van der Waals surface area contributed by atoms with Crippen LogP contribution in [0, 0.1) is 11.8 Å². The fourth-order valence-corrected chi connectivity index (χ4v) is 3.10. The van der Waals surface area contributed by atoms with Gasteiger partial charge in [-0.25, -0.2) is 9.59 Å². The molecule has 0 aromatic rings. The lowest BCUT2D eigenvalue weighted by atomic mass is 10.0. The fourth-order valence-electron chi connectivity index (χ4n) is 3.10. The molecule has 2 rings (SSSR count). The number of amides is 1. The van der Waals surface area contributed by atoms with Crippen molar-refractivity contribution < 1.29 is 19.1 Å². The molecule has 5 nitrogen and oxygen atoms in total. The maximum atomic E-state index is 12.1. The molecule has 21 heavy (non-hydrogen) atoms. The summed E-state index contributed by atoms with van der Waals surface area (Å²) in [6.07, 6.45) is 3.15. The number of ether oxygens (including phenoxy) is 2. The minimum absolute atomic E-state index is 0.229. The second kappa shape index (κ2) is 6.08. The van der Waals surface area contributed by atoms with Gasteiger partial charge in [0.1, 0.15) is 5.60 Å². The fraction of sp³-hybridized carbons (Fsp3) is 0.750. The number of carbonyl (C=O) groups is 2. The molecular weight excluding hydrogens is 270 g/mol. The Morgan fingerprint density at radius 1 is 1.24 bits per heavy atom. The molecule has 2 fully saturated rings. The van der Waals surface area contributed by atoms with Gasteiger partial charge in [-0.15, -0.1) is 0 Å². The van der Waals surface area contributed by atoms with Gasteiger partial charge < -0.3 is 14.4 Å². The smallest absolute Gasteiger partial charge is 0.410 e. The summed E-state index contributed by atoms with van der Waals surface area (Å²) >= 11 is 0. The summed E-state index contributed by atoms with van der Waals surface area (Å²) in [5.74, 6) is 0.632. The lowest BCUT2D eigenvalue weighted by Gasteiger charge is -2.25. The topological polar surface area (TPSA) is 55.8 Å². The molecule has 2 atom stereocenters. The molecule has 1 aliphatic carbocycles. The lowest BCUT2D eigenvalue weighted by molar-refractivity contribution is -0.137. The van der Waals surface area contributed by atoms with Crippen molar-refractivity contribution >= 4 is 12.1 Å². The summed E-state index contributed by atoms with van der Waals surface area (Å²) in [5, 5.41) is 0. The number of nitrogens with zero attached hydrogens (tertiary/aromatic N) is 1. The second-order valence-electron chi connectivity index (χ2n) is 6.87. The van der Waals surface area contributed by atoms with Crippen LogP contribution < -0.4 is 0 Å². The molecule has 0 aromatic heterocycles. The summed E-state index contributed by atoms with van der Waals surface area (Å²) in [7, 11) is 0. The van der Waals surface area contributed by atoms with Crippen LogP contribution in [-0.2, 0) is 14.3 Å². The van der Waals surface area contributed by atoms with Gasteiger partial charge in [-0.2, -0.15) is 0 Å². The highest BCUT2D eigenvalue weighted by Crippen LogP contribution is 2.41. The monoisotopic (exact) mass is 295 g/mol. The first-order valence-corrected chi connectivity index (χ1v) is 7.62. The zero-order valence-corrected chi connectivity index (χ0v) is 13.3. The van der Waals surface area contributed by atoms with Crippen molar-refractivity contribution in [1.82, 2.24) is 4.90 Å². The minimum Gasteiger partial charge on any atom is -0.463 e. The van der Waals surface area contributed by atoms with E-state index in [-0.39, 0.29) is 12.1 Å². The number of hydrogen-bond donors (Lipinski definition) is 0. The van der Waals surface area contributed by atoms with Crippen molar-refractivity contribution in [3.63, 3.8) is 0 Å². The van der Waals surface area contributed by atoms with Gasteiger partial charge in [0.2, 0.25) is 0 Å². The number of allylic oxidation sites excluding steroid dienone is 1. The normalized spacial score (nSPS) is 24.8. The van der Waals surface area contributed by atoms with E-state index in [9.17, 15) is 9.59 Å². The van der Waals surface area contributed by atoms with Crippen molar-refractivity contribution in [3.05, 3.63) is 11.6 Å². The van der Waals surface area contributed by atoms with Gasteiger partial charge in [0.15, 0.2) is 0 Å². The Morgan fingerprint density at radius 3 is 2.29 bits per heavy atom. The highest BCUT2D eigenvalue weighted by atomic mass is 16.6. The van der Waals surface area contributed by atoms with Crippen molar-refractivity contribution in [2.75, 3.05) is 19.7 Å². The van der Waals surface area contributed by atoms with E-state index in [0.717, 1.165) is 31.5 Å². The predicted molar refractivity (Wildman–Crippen MR) is 78.7 cm³/mol. The molecule has 1 saturated heterocycles. The summed E-state index contributed by atoms with van der Waals surface area (Å²) in [6.45, 7) is 9.28. The quantitative estimate of drug-likeness (QED) is 0.580. The summed E-state index contributed by atoms with van der Waals surface area (Å²) in [6, 6.07) is 0. The number of likely N-dealkylation sites (tertiary alicyclic amines) is 1. The van der Waals surface area contributed by atoms with Gasteiger partial charge in [-0.05, 0) is 52.4 Å². The van der Waals surface area contributed by atoms with E-state index in [0.29, 0.717) is 18.4 Å². The summed E-state index contributed by atoms with van der Waals surface area (Å²) in [4.78, 5) is 25.3. The van der Waals surface area contributed by atoms with Crippen molar-refractivity contribution in [2.24, 2.45) is 11.8 Å². The van der Waals surface area contributed by atoms with E-state index in [2.05, 4.69) is 0 Å². The Bertz CT molecular complexity index is 434. The van der Waals surface area contributed by atoms with Gasteiger partial charge in [-0.3, -0.25) is 0 Å². The molecule has 0 aromatic carbocycles. The SMILES string of the molecule is CCOC(=O)C=C1CC2CN(C(=O)OC(C)(C)C)CC2C1. The molecule has 1 amide bonds. The van der Waals surface area contributed by atoms with E-state index in [4.69, 9.17) is 9.47 Å². The van der Waals surface area contributed by atoms with E-state index in [1.165, 1.54) is 0 Å². The van der Waals surface area contributed by atoms with Crippen LogP contribution in [0.25, 0.3) is 0 Å². The molecule has 5 heteroatoms.